The number of pyridine rings is 1. The largest absolute Gasteiger partial charge is 0.316 e. The molecule has 2 aliphatic rings. The van der Waals surface area contributed by atoms with Crippen LogP contribution in [0.4, 0.5) is 0 Å². The SMILES string of the molecule is Cc1cccnc1CN1CC2CNCC2C1C. The molecule has 3 atom stereocenters. The lowest BCUT2D eigenvalue weighted by Gasteiger charge is -2.24. The molecular weight excluding hydrogens is 210 g/mol. The number of hydrogen-bond acceptors (Lipinski definition) is 3. The van der Waals surface area contributed by atoms with Crippen molar-refractivity contribution in [2.45, 2.75) is 26.4 Å². The summed E-state index contributed by atoms with van der Waals surface area (Å²) in [6.45, 7) is 9.17. The molecule has 0 spiro atoms. The number of aryl methyl sites for hydroxylation is 1. The van der Waals surface area contributed by atoms with Crippen LogP contribution in [0.15, 0.2) is 18.3 Å². The van der Waals surface area contributed by atoms with E-state index in [2.05, 4.69) is 35.1 Å². The molecule has 3 unspecified atom stereocenters. The molecule has 0 aliphatic carbocycles. The summed E-state index contributed by atoms with van der Waals surface area (Å²) in [6.07, 6.45) is 1.91. The third-order valence-corrected chi connectivity index (χ3v) is 4.53. The van der Waals surface area contributed by atoms with Gasteiger partial charge in [0.2, 0.25) is 0 Å². The normalized spacial score (nSPS) is 32.9. The molecule has 3 heterocycles. The Bertz CT molecular complexity index is 404. The van der Waals surface area contributed by atoms with Crippen molar-refractivity contribution in [2.24, 2.45) is 11.8 Å². The Morgan fingerprint density at radius 1 is 1.47 bits per heavy atom. The van der Waals surface area contributed by atoms with Gasteiger partial charge >= 0.3 is 0 Å². The van der Waals surface area contributed by atoms with Crippen molar-refractivity contribution < 1.29 is 0 Å². The van der Waals surface area contributed by atoms with Gasteiger partial charge in [0.25, 0.3) is 0 Å². The van der Waals surface area contributed by atoms with Gasteiger partial charge < -0.3 is 5.32 Å². The van der Waals surface area contributed by atoms with Crippen LogP contribution in [0, 0.1) is 18.8 Å². The maximum absolute atomic E-state index is 4.51. The molecule has 3 rings (SSSR count). The van der Waals surface area contributed by atoms with Crippen molar-refractivity contribution in [1.29, 1.82) is 0 Å². The molecule has 0 bridgehead atoms. The monoisotopic (exact) mass is 231 g/mol. The third-order valence-electron chi connectivity index (χ3n) is 4.53. The molecule has 2 saturated heterocycles. The number of aromatic nitrogens is 1. The highest BCUT2D eigenvalue weighted by atomic mass is 15.2. The van der Waals surface area contributed by atoms with Crippen LogP contribution >= 0.6 is 0 Å². The van der Waals surface area contributed by atoms with E-state index in [1.807, 2.05) is 12.3 Å². The Labute approximate surface area is 103 Å². The predicted molar refractivity (Wildman–Crippen MR) is 68.7 cm³/mol. The zero-order valence-corrected chi connectivity index (χ0v) is 10.7. The zero-order chi connectivity index (χ0) is 11.8. The fourth-order valence-corrected chi connectivity index (χ4v) is 3.34. The molecule has 2 fully saturated rings. The minimum Gasteiger partial charge on any atom is -0.316 e. The van der Waals surface area contributed by atoms with Gasteiger partial charge in [-0.1, -0.05) is 6.07 Å². The summed E-state index contributed by atoms with van der Waals surface area (Å²) >= 11 is 0. The summed E-state index contributed by atoms with van der Waals surface area (Å²) in [7, 11) is 0. The van der Waals surface area contributed by atoms with Crippen LogP contribution in [-0.4, -0.2) is 35.6 Å². The maximum Gasteiger partial charge on any atom is 0.0573 e. The topological polar surface area (TPSA) is 28.2 Å². The van der Waals surface area contributed by atoms with Gasteiger partial charge in [-0.25, -0.2) is 0 Å². The summed E-state index contributed by atoms with van der Waals surface area (Å²) in [5.41, 5.74) is 2.56. The highest BCUT2D eigenvalue weighted by Crippen LogP contribution is 2.33. The van der Waals surface area contributed by atoms with Gasteiger partial charge in [-0.3, -0.25) is 9.88 Å². The summed E-state index contributed by atoms with van der Waals surface area (Å²) < 4.78 is 0. The molecule has 17 heavy (non-hydrogen) atoms. The molecule has 0 aromatic carbocycles. The van der Waals surface area contributed by atoms with Crippen LogP contribution in [0.25, 0.3) is 0 Å². The maximum atomic E-state index is 4.51. The molecule has 0 amide bonds. The van der Waals surface area contributed by atoms with Gasteiger partial charge in [-0.15, -0.1) is 0 Å². The van der Waals surface area contributed by atoms with Gasteiger partial charge in [0.15, 0.2) is 0 Å². The second-order valence-electron chi connectivity index (χ2n) is 5.52. The lowest BCUT2D eigenvalue weighted by Crippen LogP contribution is -2.33. The standard InChI is InChI=1S/C14H21N3/c1-10-4-3-5-16-14(10)9-17-8-12-6-15-7-13(12)11(17)2/h3-5,11-13,15H,6-9H2,1-2H3. The van der Waals surface area contributed by atoms with Gasteiger partial charge in [-0.2, -0.15) is 0 Å². The van der Waals surface area contributed by atoms with Gasteiger partial charge in [0.05, 0.1) is 5.69 Å². The minimum absolute atomic E-state index is 0.691. The van der Waals surface area contributed by atoms with Crippen LogP contribution in [0.2, 0.25) is 0 Å². The molecule has 92 valence electrons. The van der Waals surface area contributed by atoms with Gasteiger partial charge in [-0.05, 0) is 50.4 Å². The summed E-state index contributed by atoms with van der Waals surface area (Å²) in [5, 5.41) is 3.51. The fraction of sp³-hybridized carbons (Fsp3) is 0.643. The third kappa shape index (κ3) is 1.98. The molecule has 2 aliphatic heterocycles. The number of hydrogen-bond donors (Lipinski definition) is 1. The quantitative estimate of drug-likeness (QED) is 0.834. The Morgan fingerprint density at radius 3 is 3.12 bits per heavy atom. The first-order chi connectivity index (χ1) is 8.25. The van der Waals surface area contributed by atoms with Crippen molar-refractivity contribution >= 4 is 0 Å². The highest BCUT2D eigenvalue weighted by molar-refractivity contribution is 5.18. The number of rotatable bonds is 2. The lowest BCUT2D eigenvalue weighted by molar-refractivity contribution is 0.228. The fourth-order valence-electron chi connectivity index (χ4n) is 3.34. The van der Waals surface area contributed by atoms with E-state index >= 15 is 0 Å². The first-order valence-corrected chi connectivity index (χ1v) is 6.61. The lowest BCUT2D eigenvalue weighted by atomic mass is 9.95. The van der Waals surface area contributed by atoms with Crippen molar-refractivity contribution in [1.82, 2.24) is 15.2 Å². The van der Waals surface area contributed by atoms with E-state index in [4.69, 9.17) is 0 Å². The number of fused-ring (bicyclic) bond motifs is 1. The van der Waals surface area contributed by atoms with E-state index in [0.717, 1.165) is 18.4 Å². The van der Waals surface area contributed by atoms with E-state index in [1.54, 1.807) is 0 Å². The Balaban J connectivity index is 1.73. The van der Waals surface area contributed by atoms with Crippen molar-refractivity contribution in [3.63, 3.8) is 0 Å². The highest BCUT2D eigenvalue weighted by Gasteiger charge is 2.41. The zero-order valence-electron chi connectivity index (χ0n) is 10.7. The predicted octanol–water partition coefficient (Wildman–Crippen LogP) is 1.43. The molecule has 3 heteroatoms. The van der Waals surface area contributed by atoms with Gasteiger partial charge in [0, 0.05) is 25.3 Å². The van der Waals surface area contributed by atoms with Gasteiger partial charge in [0.1, 0.15) is 0 Å². The van der Waals surface area contributed by atoms with E-state index in [-0.39, 0.29) is 0 Å². The number of likely N-dealkylation sites (tertiary alicyclic amines) is 1. The Kier molecular flexibility index (Phi) is 2.89. The van der Waals surface area contributed by atoms with E-state index < -0.39 is 0 Å². The van der Waals surface area contributed by atoms with Crippen LogP contribution in [0.3, 0.4) is 0 Å². The van der Waals surface area contributed by atoms with Crippen molar-refractivity contribution in [2.75, 3.05) is 19.6 Å². The number of nitrogens with one attached hydrogen (secondary N) is 1. The van der Waals surface area contributed by atoms with Crippen LogP contribution < -0.4 is 5.32 Å². The van der Waals surface area contributed by atoms with E-state index in [9.17, 15) is 0 Å². The van der Waals surface area contributed by atoms with Crippen LogP contribution in [0.5, 0.6) is 0 Å². The summed E-state index contributed by atoms with van der Waals surface area (Å²) in [5.74, 6) is 1.70. The molecule has 3 nitrogen and oxygen atoms in total. The smallest absolute Gasteiger partial charge is 0.0573 e. The summed E-state index contributed by atoms with van der Waals surface area (Å²) in [4.78, 5) is 7.12. The van der Waals surface area contributed by atoms with E-state index in [0.29, 0.717) is 6.04 Å². The molecular formula is C14H21N3. The second kappa shape index (κ2) is 4.39. The first-order valence-electron chi connectivity index (χ1n) is 6.61. The molecule has 1 aromatic rings. The van der Waals surface area contributed by atoms with Crippen LogP contribution in [-0.2, 0) is 6.54 Å². The number of nitrogens with zero attached hydrogens (tertiary/aromatic N) is 2. The van der Waals surface area contributed by atoms with Crippen molar-refractivity contribution in [3.05, 3.63) is 29.6 Å². The second-order valence-corrected chi connectivity index (χ2v) is 5.52. The molecule has 1 aromatic heterocycles. The molecule has 1 N–H and O–H groups in total. The molecule has 0 radical (unpaired) electrons. The molecule has 0 saturated carbocycles. The average Bonchev–Trinajstić information content (AvgIpc) is 2.87. The minimum atomic E-state index is 0.691. The Hall–Kier alpha value is -0.930. The van der Waals surface area contributed by atoms with Crippen LogP contribution in [0.1, 0.15) is 18.2 Å². The first kappa shape index (κ1) is 11.2. The summed E-state index contributed by atoms with van der Waals surface area (Å²) in [6, 6.07) is 4.87. The Morgan fingerprint density at radius 2 is 2.35 bits per heavy atom. The van der Waals surface area contributed by atoms with Crippen molar-refractivity contribution in [3.8, 4) is 0 Å². The average molecular weight is 231 g/mol. The van der Waals surface area contributed by atoms with E-state index in [1.165, 1.54) is 30.9 Å².